The minimum Gasteiger partial charge on any atom is -0.314 e. The van der Waals surface area contributed by atoms with Crippen LogP contribution < -0.4 is 4.90 Å². The van der Waals surface area contributed by atoms with E-state index in [0.717, 1.165) is 41.0 Å². The molecule has 30 heavy (non-hydrogen) atoms. The predicted octanol–water partition coefficient (Wildman–Crippen LogP) is 3.93. The summed E-state index contributed by atoms with van der Waals surface area (Å²) in [5.74, 6) is 1.05. The Balaban J connectivity index is 1.52. The molecule has 3 aromatic rings. The lowest BCUT2D eigenvalue weighted by Gasteiger charge is -2.10. The second-order valence-electron chi connectivity index (χ2n) is 7.18. The Morgan fingerprint density at radius 3 is 2.87 bits per heavy atom. The van der Waals surface area contributed by atoms with Crippen molar-refractivity contribution in [1.82, 2.24) is 14.8 Å². The van der Waals surface area contributed by atoms with Crippen LogP contribution in [0.2, 0.25) is 0 Å². The first-order valence-corrected chi connectivity index (χ1v) is 10.7. The third-order valence-corrected chi connectivity index (χ3v) is 6.06. The Bertz CT molecular complexity index is 1120. The van der Waals surface area contributed by atoms with Gasteiger partial charge in [-0.15, -0.1) is 16.8 Å². The highest BCUT2D eigenvalue weighted by molar-refractivity contribution is 7.99. The molecule has 7 heteroatoms. The summed E-state index contributed by atoms with van der Waals surface area (Å²) < 4.78 is 1.98. The fourth-order valence-corrected chi connectivity index (χ4v) is 4.45. The molecule has 1 amide bonds. The summed E-state index contributed by atoms with van der Waals surface area (Å²) in [5.41, 5.74) is 4.72. The van der Waals surface area contributed by atoms with Crippen molar-refractivity contribution in [3.63, 3.8) is 0 Å². The molecule has 2 heterocycles. The molecule has 4 rings (SSSR count). The van der Waals surface area contributed by atoms with Crippen LogP contribution in [0.5, 0.6) is 0 Å². The second-order valence-corrected chi connectivity index (χ2v) is 8.12. The van der Waals surface area contributed by atoms with Crippen molar-refractivity contribution in [2.24, 2.45) is 0 Å². The molecule has 0 unspecified atom stereocenters. The number of fused-ring (bicyclic) bond motifs is 1. The zero-order valence-corrected chi connectivity index (χ0v) is 17.6. The summed E-state index contributed by atoms with van der Waals surface area (Å²) in [7, 11) is 0. The van der Waals surface area contributed by atoms with Gasteiger partial charge in [0, 0.05) is 29.9 Å². The molecule has 6 nitrogen and oxygen atoms in total. The summed E-state index contributed by atoms with van der Waals surface area (Å²) in [5, 5.41) is 9.36. The van der Waals surface area contributed by atoms with Crippen LogP contribution in [0.3, 0.4) is 0 Å². The first-order chi connectivity index (χ1) is 14.6. The van der Waals surface area contributed by atoms with Gasteiger partial charge in [0.25, 0.3) is 0 Å². The van der Waals surface area contributed by atoms with Gasteiger partial charge in [-0.25, -0.2) is 0 Å². The fourth-order valence-electron chi connectivity index (χ4n) is 3.61. The Morgan fingerprint density at radius 1 is 1.23 bits per heavy atom. The number of Topliss-reactive ketones (excluding diaryl/α,β-unsaturated/α-hetero) is 1. The summed E-state index contributed by atoms with van der Waals surface area (Å²) in [4.78, 5) is 25.5. The molecule has 1 aromatic heterocycles. The van der Waals surface area contributed by atoms with E-state index in [1.54, 1.807) is 17.0 Å². The number of allylic oxidation sites excluding steroid dienone is 1. The summed E-state index contributed by atoms with van der Waals surface area (Å²) in [6, 6.07) is 13.6. The molecule has 1 aliphatic heterocycles. The van der Waals surface area contributed by atoms with Gasteiger partial charge in [0.1, 0.15) is 0 Å². The average Bonchev–Trinajstić information content (AvgIpc) is 3.35. The van der Waals surface area contributed by atoms with Crippen molar-refractivity contribution < 1.29 is 9.59 Å². The number of carbonyl (C=O) groups excluding carboxylic acids is 2. The van der Waals surface area contributed by atoms with Gasteiger partial charge in [-0.3, -0.25) is 14.2 Å². The zero-order chi connectivity index (χ0) is 21.1. The number of aromatic nitrogens is 3. The van der Waals surface area contributed by atoms with Crippen LogP contribution in [0.25, 0.3) is 11.4 Å². The topological polar surface area (TPSA) is 68.1 Å². The van der Waals surface area contributed by atoms with Crippen molar-refractivity contribution in [2.75, 3.05) is 17.2 Å². The van der Waals surface area contributed by atoms with Gasteiger partial charge in [-0.2, -0.15) is 0 Å². The van der Waals surface area contributed by atoms with E-state index >= 15 is 0 Å². The molecule has 152 valence electrons. The van der Waals surface area contributed by atoms with Gasteiger partial charge in [0.05, 0.1) is 5.75 Å². The van der Waals surface area contributed by atoms with Crippen LogP contribution in [-0.4, -0.2) is 39.3 Å². The predicted molar refractivity (Wildman–Crippen MR) is 119 cm³/mol. The fraction of sp³-hybridized carbons (Fsp3) is 0.217. The number of amides is 1. The van der Waals surface area contributed by atoms with Crippen LogP contribution in [-0.2, 0) is 17.8 Å². The molecule has 0 aliphatic carbocycles. The lowest BCUT2D eigenvalue weighted by molar-refractivity contribution is -0.107. The maximum Gasteiger partial charge on any atom is 0.214 e. The molecule has 0 bridgehead atoms. The molecule has 0 N–H and O–H groups in total. The van der Waals surface area contributed by atoms with Crippen LogP contribution in [0, 0.1) is 6.92 Å². The third kappa shape index (κ3) is 3.93. The molecule has 0 saturated heterocycles. The van der Waals surface area contributed by atoms with Gasteiger partial charge in [-0.05, 0) is 43.2 Å². The van der Waals surface area contributed by atoms with Crippen molar-refractivity contribution in [3.8, 4) is 11.4 Å². The minimum atomic E-state index is 0.0256. The Kier molecular flexibility index (Phi) is 5.81. The molecule has 1 aliphatic rings. The minimum absolute atomic E-state index is 0.0256. The molecular formula is C23H22N4O2S. The number of hydrogen-bond donors (Lipinski definition) is 0. The Morgan fingerprint density at radius 2 is 2.10 bits per heavy atom. The quantitative estimate of drug-likeness (QED) is 0.240. The SMILES string of the molecule is C=CCn1c(SCC(=O)c2ccc3c(c2)CCN3C=O)nnc1-c1cccc(C)c1. The van der Waals surface area contributed by atoms with E-state index in [4.69, 9.17) is 0 Å². The van der Waals surface area contributed by atoms with Crippen molar-refractivity contribution in [1.29, 1.82) is 0 Å². The van der Waals surface area contributed by atoms with Gasteiger partial charge >= 0.3 is 0 Å². The number of aryl methyl sites for hydroxylation is 1. The van der Waals surface area contributed by atoms with Crippen LogP contribution in [0.1, 0.15) is 21.5 Å². The number of anilines is 1. The van der Waals surface area contributed by atoms with Crippen molar-refractivity contribution in [2.45, 2.75) is 25.0 Å². The second kappa shape index (κ2) is 8.67. The Labute approximate surface area is 179 Å². The average molecular weight is 419 g/mol. The van der Waals surface area contributed by atoms with Crippen LogP contribution >= 0.6 is 11.8 Å². The number of carbonyl (C=O) groups is 2. The van der Waals surface area contributed by atoms with E-state index in [1.165, 1.54) is 11.8 Å². The summed E-state index contributed by atoms with van der Waals surface area (Å²) in [6.45, 7) is 7.10. The lowest BCUT2D eigenvalue weighted by Crippen LogP contribution is -2.17. The first kappa shape index (κ1) is 20.1. The number of rotatable bonds is 8. The number of hydrogen-bond acceptors (Lipinski definition) is 5. The van der Waals surface area contributed by atoms with Gasteiger partial charge in [0.2, 0.25) is 6.41 Å². The van der Waals surface area contributed by atoms with E-state index in [1.807, 2.05) is 41.8 Å². The number of benzene rings is 2. The van der Waals surface area contributed by atoms with Crippen molar-refractivity contribution >= 4 is 29.6 Å². The summed E-state index contributed by atoms with van der Waals surface area (Å²) in [6.07, 6.45) is 3.41. The highest BCUT2D eigenvalue weighted by atomic mass is 32.2. The zero-order valence-electron chi connectivity index (χ0n) is 16.7. The smallest absolute Gasteiger partial charge is 0.214 e. The molecule has 0 spiro atoms. The third-order valence-electron chi connectivity index (χ3n) is 5.10. The Hall–Kier alpha value is -3.19. The van der Waals surface area contributed by atoms with Crippen LogP contribution in [0.15, 0.2) is 60.3 Å². The van der Waals surface area contributed by atoms with Gasteiger partial charge in [0.15, 0.2) is 16.8 Å². The number of nitrogens with zero attached hydrogens (tertiary/aromatic N) is 4. The summed E-state index contributed by atoms with van der Waals surface area (Å²) >= 11 is 1.37. The van der Waals surface area contributed by atoms with Gasteiger partial charge < -0.3 is 4.90 Å². The van der Waals surface area contributed by atoms with Crippen LogP contribution in [0.4, 0.5) is 5.69 Å². The maximum absolute atomic E-state index is 12.8. The highest BCUT2D eigenvalue weighted by Crippen LogP contribution is 2.29. The standard InChI is InChI=1S/C23H22N4O2S/c1-3-10-27-22(19-6-4-5-16(2)12-19)24-25-23(27)30-14-21(29)18-7-8-20-17(13-18)9-11-26(20)15-28/h3-8,12-13,15H,1,9-11,14H2,2H3. The van der Waals surface area contributed by atoms with E-state index < -0.39 is 0 Å². The normalized spacial score (nSPS) is 12.6. The lowest BCUT2D eigenvalue weighted by atomic mass is 10.1. The van der Waals surface area contributed by atoms with E-state index in [-0.39, 0.29) is 11.5 Å². The molecule has 0 fully saturated rings. The van der Waals surface area contributed by atoms with E-state index in [9.17, 15) is 9.59 Å². The first-order valence-electron chi connectivity index (χ1n) is 9.72. The maximum atomic E-state index is 12.8. The van der Waals surface area contributed by atoms with E-state index in [0.29, 0.717) is 23.8 Å². The monoisotopic (exact) mass is 418 g/mol. The molecule has 0 atom stereocenters. The molecule has 2 aromatic carbocycles. The molecule has 0 saturated carbocycles. The highest BCUT2D eigenvalue weighted by Gasteiger charge is 2.21. The van der Waals surface area contributed by atoms with E-state index in [2.05, 4.69) is 22.8 Å². The van der Waals surface area contributed by atoms with Gasteiger partial charge in [-0.1, -0.05) is 41.6 Å². The molecule has 0 radical (unpaired) electrons. The van der Waals surface area contributed by atoms with Crippen molar-refractivity contribution in [3.05, 3.63) is 71.8 Å². The molecular weight excluding hydrogens is 396 g/mol. The number of thioether (sulfide) groups is 1. The largest absolute Gasteiger partial charge is 0.314 e. The number of ketones is 1.